The van der Waals surface area contributed by atoms with Crippen molar-refractivity contribution >= 4 is 11.8 Å². The summed E-state index contributed by atoms with van der Waals surface area (Å²) in [5, 5.41) is 2.88. The zero-order valence-corrected chi connectivity index (χ0v) is 18.9. The van der Waals surface area contributed by atoms with Crippen LogP contribution in [-0.2, 0) is 4.79 Å². The molecule has 2 amide bonds. The maximum Gasteiger partial charge on any atom is 0.252 e. The average Bonchev–Trinajstić information content (AvgIpc) is 2.85. The van der Waals surface area contributed by atoms with Gasteiger partial charge in [0.25, 0.3) is 5.91 Å². The minimum atomic E-state index is -1.03. The van der Waals surface area contributed by atoms with Crippen LogP contribution in [0.3, 0.4) is 0 Å². The molecule has 0 bridgehead atoms. The third kappa shape index (κ3) is 5.55. The molecule has 7 heteroatoms. The van der Waals surface area contributed by atoms with Crippen molar-refractivity contribution in [3.05, 3.63) is 84.3 Å². The standard InChI is InChI=1S/C26H28N4O3/c1-26(2,29-24(31)19-10-5-3-6-11-19)25(32)30-15-9-12-20(18-30)22-16-27-17-23(28-22)33-21-13-7-4-8-14-21/h3-8,10-11,13-14,16-17,20H,9,12,15,18H2,1-2H3,(H,29,31)/t20-/m1/s1. The highest BCUT2D eigenvalue weighted by Crippen LogP contribution is 2.28. The summed E-state index contributed by atoms with van der Waals surface area (Å²) in [5.74, 6) is 0.799. The van der Waals surface area contributed by atoms with Crippen molar-refractivity contribution in [3.63, 3.8) is 0 Å². The molecule has 1 aromatic heterocycles. The number of likely N-dealkylation sites (tertiary alicyclic amines) is 1. The number of aromatic nitrogens is 2. The Kier molecular flexibility index (Phi) is 6.68. The molecule has 3 aromatic rings. The lowest BCUT2D eigenvalue weighted by Gasteiger charge is -2.37. The number of rotatable bonds is 6. The molecule has 1 N–H and O–H groups in total. The fraction of sp³-hybridized carbons (Fsp3) is 0.308. The normalized spacial score (nSPS) is 16.2. The molecule has 0 saturated carbocycles. The van der Waals surface area contributed by atoms with Gasteiger partial charge in [-0.25, -0.2) is 4.98 Å². The average molecular weight is 445 g/mol. The van der Waals surface area contributed by atoms with Gasteiger partial charge >= 0.3 is 0 Å². The summed E-state index contributed by atoms with van der Waals surface area (Å²) >= 11 is 0. The van der Waals surface area contributed by atoms with Gasteiger partial charge in [0.15, 0.2) is 0 Å². The second-order valence-electron chi connectivity index (χ2n) is 8.73. The van der Waals surface area contributed by atoms with E-state index in [1.54, 1.807) is 50.5 Å². The molecule has 33 heavy (non-hydrogen) atoms. The van der Waals surface area contributed by atoms with E-state index in [4.69, 9.17) is 4.74 Å². The van der Waals surface area contributed by atoms with Gasteiger partial charge in [-0.1, -0.05) is 36.4 Å². The number of amides is 2. The van der Waals surface area contributed by atoms with Gasteiger partial charge in [0, 0.05) is 30.8 Å². The molecule has 4 rings (SSSR count). The molecule has 0 radical (unpaired) electrons. The molecule has 1 aliphatic heterocycles. The van der Waals surface area contributed by atoms with Crippen molar-refractivity contribution in [1.82, 2.24) is 20.2 Å². The van der Waals surface area contributed by atoms with Crippen molar-refractivity contribution in [3.8, 4) is 11.6 Å². The predicted octanol–water partition coefficient (Wildman–Crippen LogP) is 4.18. The van der Waals surface area contributed by atoms with Gasteiger partial charge in [-0.05, 0) is 51.0 Å². The number of nitrogens with one attached hydrogen (secondary N) is 1. The van der Waals surface area contributed by atoms with Gasteiger partial charge in [-0.3, -0.25) is 14.6 Å². The van der Waals surface area contributed by atoms with Gasteiger partial charge in [0.1, 0.15) is 11.3 Å². The van der Waals surface area contributed by atoms with Crippen molar-refractivity contribution < 1.29 is 14.3 Å². The molecule has 0 aliphatic carbocycles. The van der Waals surface area contributed by atoms with Crippen LogP contribution in [0.4, 0.5) is 0 Å². The van der Waals surface area contributed by atoms with Crippen molar-refractivity contribution in [2.24, 2.45) is 0 Å². The molecule has 1 fully saturated rings. The van der Waals surface area contributed by atoms with Gasteiger partial charge in [-0.15, -0.1) is 0 Å². The smallest absolute Gasteiger partial charge is 0.252 e. The van der Waals surface area contributed by atoms with Crippen LogP contribution in [0.15, 0.2) is 73.1 Å². The van der Waals surface area contributed by atoms with Crippen LogP contribution in [-0.4, -0.2) is 45.3 Å². The van der Waals surface area contributed by atoms with Crippen LogP contribution >= 0.6 is 0 Å². The number of piperidine rings is 1. The lowest BCUT2D eigenvalue weighted by molar-refractivity contribution is -0.138. The first kappa shape index (κ1) is 22.5. The lowest BCUT2D eigenvalue weighted by Crippen LogP contribution is -2.57. The molecule has 2 heterocycles. The third-order valence-electron chi connectivity index (χ3n) is 5.72. The van der Waals surface area contributed by atoms with Crippen LogP contribution in [0.1, 0.15) is 48.7 Å². The highest BCUT2D eigenvalue weighted by Gasteiger charge is 2.36. The van der Waals surface area contributed by atoms with E-state index in [-0.39, 0.29) is 17.7 Å². The largest absolute Gasteiger partial charge is 0.437 e. The first-order valence-electron chi connectivity index (χ1n) is 11.1. The predicted molar refractivity (Wildman–Crippen MR) is 125 cm³/mol. The Hall–Kier alpha value is -3.74. The number of carbonyl (C=O) groups excluding carboxylic acids is 2. The van der Waals surface area contributed by atoms with E-state index in [0.717, 1.165) is 18.5 Å². The summed E-state index contributed by atoms with van der Waals surface area (Å²) in [6, 6.07) is 18.4. The van der Waals surface area contributed by atoms with Crippen molar-refractivity contribution in [2.45, 2.75) is 38.1 Å². The number of nitrogens with zero attached hydrogens (tertiary/aromatic N) is 3. The van der Waals surface area contributed by atoms with E-state index in [1.807, 2.05) is 41.3 Å². The highest BCUT2D eigenvalue weighted by atomic mass is 16.5. The summed E-state index contributed by atoms with van der Waals surface area (Å²) in [6.45, 7) is 4.66. The summed E-state index contributed by atoms with van der Waals surface area (Å²) < 4.78 is 5.82. The highest BCUT2D eigenvalue weighted by molar-refractivity contribution is 5.98. The zero-order chi connectivity index (χ0) is 23.3. The van der Waals surface area contributed by atoms with Crippen LogP contribution in [0, 0.1) is 0 Å². The van der Waals surface area contributed by atoms with E-state index in [9.17, 15) is 9.59 Å². The van der Waals surface area contributed by atoms with Crippen LogP contribution < -0.4 is 10.1 Å². The maximum atomic E-state index is 13.3. The molecule has 2 aromatic carbocycles. The monoisotopic (exact) mass is 444 g/mol. The van der Waals surface area contributed by atoms with Crippen LogP contribution in [0.25, 0.3) is 0 Å². The topological polar surface area (TPSA) is 84.4 Å². The molecule has 0 spiro atoms. The summed E-state index contributed by atoms with van der Waals surface area (Å²) in [5.41, 5.74) is 0.297. The number of benzene rings is 2. The van der Waals surface area contributed by atoms with Crippen molar-refractivity contribution in [1.29, 1.82) is 0 Å². The number of ether oxygens (including phenoxy) is 1. The quantitative estimate of drug-likeness (QED) is 0.616. The Morgan fingerprint density at radius 3 is 2.45 bits per heavy atom. The van der Waals surface area contributed by atoms with Crippen molar-refractivity contribution in [2.75, 3.05) is 13.1 Å². The van der Waals surface area contributed by atoms with E-state index >= 15 is 0 Å². The van der Waals surface area contributed by atoms with Gasteiger partial charge < -0.3 is 15.0 Å². The van der Waals surface area contributed by atoms with E-state index < -0.39 is 5.54 Å². The molecule has 7 nitrogen and oxygen atoms in total. The lowest BCUT2D eigenvalue weighted by atomic mass is 9.92. The van der Waals surface area contributed by atoms with Gasteiger partial charge in [0.05, 0.1) is 11.9 Å². The molecule has 1 saturated heterocycles. The fourth-order valence-electron chi connectivity index (χ4n) is 4.01. The Bertz CT molecular complexity index is 1100. The number of hydrogen-bond donors (Lipinski definition) is 1. The van der Waals surface area contributed by atoms with E-state index in [1.165, 1.54) is 0 Å². The number of carbonyl (C=O) groups is 2. The molecule has 170 valence electrons. The molecular weight excluding hydrogens is 416 g/mol. The van der Waals surface area contributed by atoms with Crippen LogP contribution in [0.2, 0.25) is 0 Å². The summed E-state index contributed by atoms with van der Waals surface area (Å²) in [4.78, 5) is 36.7. The summed E-state index contributed by atoms with van der Waals surface area (Å²) in [7, 11) is 0. The van der Waals surface area contributed by atoms with Gasteiger partial charge in [0.2, 0.25) is 11.8 Å². The fourth-order valence-corrected chi connectivity index (χ4v) is 4.01. The van der Waals surface area contributed by atoms with E-state index in [0.29, 0.717) is 30.3 Å². The first-order valence-corrected chi connectivity index (χ1v) is 11.1. The minimum absolute atomic E-state index is 0.0511. The third-order valence-corrected chi connectivity index (χ3v) is 5.72. The van der Waals surface area contributed by atoms with Gasteiger partial charge in [-0.2, -0.15) is 0 Å². The Balaban J connectivity index is 1.43. The van der Waals surface area contributed by atoms with Crippen LogP contribution in [0.5, 0.6) is 11.6 Å². The molecule has 1 aliphatic rings. The maximum absolute atomic E-state index is 13.3. The molecular formula is C26H28N4O3. The second kappa shape index (κ2) is 9.81. The molecule has 1 atom stereocenters. The Morgan fingerprint density at radius 1 is 1.03 bits per heavy atom. The molecule has 0 unspecified atom stereocenters. The zero-order valence-electron chi connectivity index (χ0n) is 18.9. The number of hydrogen-bond acceptors (Lipinski definition) is 5. The Morgan fingerprint density at radius 2 is 1.73 bits per heavy atom. The SMILES string of the molecule is CC(C)(NC(=O)c1ccccc1)C(=O)N1CCC[C@@H](c2cncc(Oc3ccccc3)n2)C1. The second-order valence-corrected chi connectivity index (χ2v) is 8.73. The first-order chi connectivity index (χ1) is 15.9. The van der Waals surface area contributed by atoms with E-state index in [2.05, 4.69) is 15.3 Å². The summed E-state index contributed by atoms with van der Waals surface area (Å²) in [6.07, 6.45) is 5.08. The Labute approximate surface area is 193 Å². The minimum Gasteiger partial charge on any atom is -0.437 e. The number of para-hydroxylation sites is 1.